The molecule has 0 bridgehead atoms. The zero-order chi connectivity index (χ0) is 20.6. The van der Waals surface area contributed by atoms with Gasteiger partial charge in [0.05, 0.1) is 12.5 Å². The van der Waals surface area contributed by atoms with Crippen LogP contribution in [0.1, 0.15) is 31.7 Å². The van der Waals surface area contributed by atoms with Crippen molar-refractivity contribution >= 4 is 17.9 Å². The Bertz CT molecular complexity index is 701. The van der Waals surface area contributed by atoms with Crippen molar-refractivity contribution in [3.8, 4) is 0 Å². The number of hydrogen-bond donors (Lipinski definition) is 0. The van der Waals surface area contributed by atoms with Crippen LogP contribution >= 0.6 is 0 Å². The molecule has 0 radical (unpaired) electrons. The summed E-state index contributed by atoms with van der Waals surface area (Å²) >= 11 is 0. The minimum Gasteiger partial charge on any atom is -0.450 e. The third kappa shape index (κ3) is 5.71. The molecule has 2 aliphatic heterocycles. The van der Waals surface area contributed by atoms with Crippen LogP contribution in [0.2, 0.25) is 0 Å². The van der Waals surface area contributed by atoms with Crippen molar-refractivity contribution in [2.24, 2.45) is 5.92 Å². The molecule has 0 saturated carbocycles. The molecular formula is C22H31N3O4. The van der Waals surface area contributed by atoms with E-state index >= 15 is 0 Å². The summed E-state index contributed by atoms with van der Waals surface area (Å²) in [5.74, 6) is 0.113. The molecule has 7 heteroatoms. The van der Waals surface area contributed by atoms with E-state index in [0.29, 0.717) is 58.7 Å². The summed E-state index contributed by atoms with van der Waals surface area (Å²) in [5.41, 5.74) is 1.27. The predicted octanol–water partition coefficient (Wildman–Crippen LogP) is 2.16. The molecule has 29 heavy (non-hydrogen) atoms. The second kappa shape index (κ2) is 10.3. The van der Waals surface area contributed by atoms with Crippen LogP contribution < -0.4 is 0 Å². The second-order valence-electron chi connectivity index (χ2n) is 7.68. The van der Waals surface area contributed by atoms with Crippen LogP contribution in [-0.2, 0) is 20.7 Å². The number of ether oxygens (including phenoxy) is 1. The van der Waals surface area contributed by atoms with E-state index in [4.69, 9.17) is 4.74 Å². The van der Waals surface area contributed by atoms with Crippen LogP contribution in [0.3, 0.4) is 0 Å². The number of amides is 3. The van der Waals surface area contributed by atoms with Crippen LogP contribution in [0, 0.1) is 5.92 Å². The number of carbonyl (C=O) groups excluding carboxylic acids is 3. The Morgan fingerprint density at radius 3 is 2.45 bits per heavy atom. The van der Waals surface area contributed by atoms with E-state index in [1.165, 1.54) is 5.56 Å². The summed E-state index contributed by atoms with van der Waals surface area (Å²) in [6, 6.07) is 10.2. The zero-order valence-electron chi connectivity index (χ0n) is 17.2. The number of piperazine rings is 1. The number of carbonyl (C=O) groups is 3. The number of piperidine rings is 1. The fourth-order valence-electron chi connectivity index (χ4n) is 4.03. The number of aryl methyl sites for hydroxylation is 1. The van der Waals surface area contributed by atoms with Gasteiger partial charge < -0.3 is 19.4 Å². The van der Waals surface area contributed by atoms with Gasteiger partial charge >= 0.3 is 6.09 Å². The molecule has 0 aromatic heterocycles. The Morgan fingerprint density at radius 1 is 1.07 bits per heavy atom. The number of likely N-dealkylation sites (tertiary alicyclic amines) is 1. The van der Waals surface area contributed by atoms with Crippen molar-refractivity contribution in [1.82, 2.24) is 14.7 Å². The molecule has 0 spiro atoms. The highest BCUT2D eigenvalue weighted by atomic mass is 16.6. The first-order valence-electron chi connectivity index (χ1n) is 10.6. The Labute approximate surface area is 172 Å². The largest absolute Gasteiger partial charge is 0.450 e. The van der Waals surface area contributed by atoms with Crippen LogP contribution in [-0.4, -0.2) is 78.5 Å². The maximum absolute atomic E-state index is 13.0. The van der Waals surface area contributed by atoms with Crippen molar-refractivity contribution in [3.63, 3.8) is 0 Å². The maximum atomic E-state index is 13.0. The fourth-order valence-corrected chi connectivity index (χ4v) is 4.03. The van der Waals surface area contributed by atoms with E-state index in [9.17, 15) is 14.4 Å². The molecule has 2 heterocycles. The first-order valence-corrected chi connectivity index (χ1v) is 10.6. The monoisotopic (exact) mass is 401 g/mol. The third-order valence-corrected chi connectivity index (χ3v) is 5.70. The number of nitrogens with zero attached hydrogens (tertiary/aromatic N) is 3. The zero-order valence-corrected chi connectivity index (χ0v) is 17.2. The van der Waals surface area contributed by atoms with Gasteiger partial charge in [-0.05, 0) is 31.7 Å². The number of hydrogen-bond acceptors (Lipinski definition) is 4. The van der Waals surface area contributed by atoms with Gasteiger partial charge in [0.15, 0.2) is 0 Å². The smallest absolute Gasteiger partial charge is 0.409 e. The average molecular weight is 402 g/mol. The Kier molecular flexibility index (Phi) is 7.49. The summed E-state index contributed by atoms with van der Waals surface area (Å²) in [7, 11) is 0. The lowest BCUT2D eigenvalue weighted by Crippen LogP contribution is -2.54. The molecule has 2 saturated heterocycles. The molecule has 0 N–H and O–H groups in total. The van der Waals surface area contributed by atoms with Crippen LogP contribution in [0.25, 0.3) is 0 Å². The quantitative estimate of drug-likeness (QED) is 0.732. The first kappa shape index (κ1) is 21.1. The summed E-state index contributed by atoms with van der Waals surface area (Å²) in [4.78, 5) is 42.4. The van der Waals surface area contributed by atoms with Gasteiger partial charge in [-0.25, -0.2) is 4.79 Å². The number of rotatable bonds is 6. The molecule has 3 rings (SSSR count). The van der Waals surface area contributed by atoms with Crippen molar-refractivity contribution < 1.29 is 19.1 Å². The summed E-state index contributed by atoms with van der Waals surface area (Å²) in [5, 5.41) is 0. The highest BCUT2D eigenvalue weighted by molar-refractivity contribution is 5.84. The molecule has 158 valence electrons. The molecule has 0 unspecified atom stereocenters. The predicted molar refractivity (Wildman–Crippen MR) is 109 cm³/mol. The lowest BCUT2D eigenvalue weighted by Gasteiger charge is -2.38. The first-order chi connectivity index (χ1) is 14.1. The van der Waals surface area contributed by atoms with Crippen molar-refractivity contribution in [2.45, 2.75) is 32.6 Å². The molecule has 7 nitrogen and oxygen atoms in total. The molecule has 1 atom stereocenters. The van der Waals surface area contributed by atoms with E-state index in [-0.39, 0.29) is 23.8 Å². The van der Waals surface area contributed by atoms with Gasteiger partial charge in [-0.3, -0.25) is 9.59 Å². The molecular weight excluding hydrogens is 370 g/mol. The Morgan fingerprint density at radius 2 is 1.76 bits per heavy atom. The molecule has 2 aliphatic rings. The van der Waals surface area contributed by atoms with Gasteiger partial charge in [-0.1, -0.05) is 30.3 Å². The summed E-state index contributed by atoms with van der Waals surface area (Å²) < 4.78 is 5.03. The van der Waals surface area contributed by atoms with Gasteiger partial charge in [-0.2, -0.15) is 0 Å². The van der Waals surface area contributed by atoms with Gasteiger partial charge in [0.1, 0.15) is 0 Å². The number of benzene rings is 1. The maximum Gasteiger partial charge on any atom is 0.409 e. The van der Waals surface area contributed by atoms with E-state index in [0.717, 1.165) is 12.8 Å². The van der Waals surface area contributed by atoms with E-state index in [1.54, 1.807) is 11.8 Å². The highest BCUT2D eigenvalue weighted by Crippen LogP contribution is 2.21. The standard InChI is InChI=1S/C22H31N3O4/c1-2-29-22(28)24-15-13-23(14-16-24)21(27)19-10-11-20(26)25(17-19)12-6-9-18-7-4-3-5-8-18/h3-5,7-8,19H,2,6,9-17H2,1H3/t19-/m0/s1. The minimum absolute atomic E-state index is 0.106. The van der Waals surface area contributed by atoms with Gasteiger partial charge in [0, 0.05) is 45.7 Å². The third-order valence-electron chi connectivity index (χ3n) is 5.70. The van der Waals surface area contributed by atoms with Crippen LogP contribution in [0.5, 0.6) is 0 Å². The lowest BCUT2D eigenvalue weighted by molar-refractivity contribution is -0.144. The Balaban J connectivity index is 1.46. The molecule has 2 fully saturated rings. The summed E-state index contributed by atoms with van der Waals surface area (Å²) in [6.07, 6.45) is 2.57. The van der Waals surface area contributed by atoms with Crippen LogP contribution in [0.15, 0.2) is 30.3 Å². The van der Waals surface area contributed by atoms with Gasteiger partial charge in [0.2, 0.25) is 11.8 Å². The molecule has 1 aromatic rings. The minimum atomic E-state index is -0.313. The van der Waals surface area contributed by atoms with E-state index < -0.39 is 0 Å². The highest BCUT2D eigenvalue weighted by Gasteiger charge is 2.34. The van der Waals surface area contributed by atoms with Crippen molar-refractivity contribution in [3.05, 3.63) is 35.9 Å². The van der Waals surface area contributed by atoms with Crippen molar-refractivity contribution in [2.75, 3.05) is 45.9 Å². The molecule has 0 aliphatic carbocycles. The van der Waals surface area contributed by atoms with E-state index in [2.05, 4.69) is 12.1 Å². The molecule has 3 amide bonds. The lowest BCUT2D eigenvalue weighted by atomic mass is 9.95. The Hall–Kier alpha value is -2.57. The van der Waals surface area contributed by atoms with Gasteiger partial charge in [-0.15, -0.1) is 0 Å². The molecule has 1 aromatic carbocycles. The van der Waals surface area contributed by atoms with Crippen molar-refractivity contribution in [1.29, 1.82) is 0 Å². The van der Waals surface area contributed by atoms with Crippen LogP contribution in [0.4, 0.5) is 4.79 Å². The summed E-state index contributed by atoms with van der Waals surface area (Å²) in [6.45, 7) is 5.38. The fraction of sp³-hybridized carbons (Fsp3) is 0.591. The van der Waals surface area contributed by atoms with Gasteiger partial charge in [0.25, 0.3) is 0 Å². The SMILES string of the molecule is CCOC(=O)N1CCN(C(=O)[C@H]2CCC(=O)N(CCCc3ccccc3)C2)CC1. The topological polar surface area (TPSA) is 70.2 Å². The normalized spacial score (nSPS) is 20.0. The van der Waals surface area contributed by atoms with E-state index in [1.807, 2.05) is 28.0 Å². The average Bonchev–Trinajstić information content (AvgIpc) is 2.75. The second-order valence-corrected chi connectivity index (χ2v) is 7.68.